The molecule has 0 saturated carbocycles. The van der Waals surface area contributed by atoms with Crippen molar-refractivity contribution in [3.8, 4) is 0 Å². The molecule has 1 aliphatic rings. The lowest BCUT2D eigenvalue weighted by Crippen LogP contribution is -2.30. The van der Waals surface area contributed by atoms with E-state index in [0.717, 1.165) is 17.6 Å². The van der Waals surface area contributed by atoms with E-state index in [4.69, 9.17) is 4.74 Å². The maximum Gasteiger partial charge on any atom is 0.274 e. The maximum atomic E-state index is 13.5. The Morgan fingerprint density at radius 2 is 2.23 bits per heavy atom. The molecule has 0 bridgehead atoms. The molecule has 4 rings (SSSR count). The Labute approximate surface area is 177 Å². The predicted molar refractivity (Wildman–Crippen MR) is 112 cm³/mol. The number of carbonyl (C=O) groups excluding carboxylic acids is 1. The molecule has 3 aromatic rings. The Kier molecular flexibility index (Phi) is 5.87. The molecule has 4 heterocycles. The molecule has 3 aromatic heterocycles. The number of nitrogens with one attached hydrogen (secondary N) is 1. The summed E-state index contributed by atoms with van der Waals surface area (Å²) in [4.78, 5) is 32.4. The van der Waals surface area contributed by atoms with Crippen molar-refractivity contribution in [1.29, 1.82) is 0 Å². The molecule has 158 valence electrons. The average Bonchev–Trinajstić information content (AvgIpc) is 3.33. The van der Waals surface area contributed by atoms with Crippen LogP contribution in [0.2, 0.25) is 0 Å². The molecule has 8 nitrogen and oxygen atoms in total. The van der Waals surface area contributed by atoms with Crippen LogP contribution in [0.15, 0.2) is 18.5 Å². The smallest absolute Gasteiger partial charge is 0.274 e. The van der Waals surface area contributed by atoms with Gasteiger partial charge in [-0.1, -0.05) is 0 Å². The summed E-state index contributed by atoms with van der Waals surface area (Å²) in [5, 5.41) is 3.96. The van der Waals surface area contributed by atoms with Crippen LogP contribution in [0.25, 0.3) is 10.3 Å². The van der Waals surface area contributed by atoms with E-state index >= 15 is 0 Å². The van der Waals surface area contributed by atoms with Gasteiger partial charge in [-0.2, -0.15) is 4.98 Å². The fourth-order valence-electron chi connectivity index (χ4n) is 3.62. The van der Waals surface area contributed by atoms with Gasteiger partial charge in [0, 0.05) is 32.3 Å². The van der Waals surface area contributed by atoms with Crippen LogP contribution in [-0.4, -0.2) is 57.5 Å². The number of hydrogen-bond acceptors (Lipinski definition) is 8. The van der Waals surface area contributed by atoms with Crippen LogP contribution >= 0.6 is 11.3 Å². The minimum atomic E-state index is -0.414. The van der Waals surface area contributed by atoms with Gasteiger partial charge in [-0.25, -0.2) is 14.4 Å². The summed E-state index contributed by atoms with van der Waals surface area (Å²) < 4.78 is 19.4. The van der Waals surface area contributed by atoms with Crippen LogP contribution in [0.1, 0.15) is 40.4 Å². The van der Waals surface area contributed by atoms with Gasteiger partial charge in [0.05, 0.1) is 23.9 Å². The summed E-state index contributed by atoms with van der Waals surface area (Å²) in [6.45, 7) is 5.68. The minimum Gasteiger partial charge on any atom is -0.384 e. The number of aromatic nitrogens is 4. The molecule has 0 spiro atoms. The van der Waals surface area contributed by atoms with E-state index in [1.54, 1.807) is 13.3 Å². The second-order valence-electron chi connectivity index (χ2n) is 7.45. The number of pyridine rings is 1. The lowest BCUT2D eigenvalue weighted by atomic mass is 10.1. The highest BCUT2D eigenvalue weighted by Gasteiger charge is 2.30. The molecular weight excluding hydrogens is 407 g/mol. The highest BCUT2D eigenvalue weighted by molar-refractivity contribution is 7.18. The molecule has 1 saturated heterocycles. The number of methoxy groups -OCH3 is 1. The number of nitrogens with zero attached hydrogens (tertiary/aromatic N) is 5. The van der Waals surface area contributed by atoms with Crippen molar-refractivity contribution in [1.82, 2.24) is 24.8 Å². The van der Waals surface area contributed by atoms with Crippen LogP contribution < -0.4 is 5.32 Å². The molecule has 2 atom stereocenters. The average molecular weight is 431 g/mol. The summed E-state index contributed by atoms with van der Waals surface area (Å²) in [6, 6.07) is 1.11. The molecule has 0 radical (unpaired) electrons. The zero-order valence-corrected chi connectivity index (χ0v) is 17.9. The zero-order chi connectivity index (χ0) is 21.3. The number of hydrogen-bond donors (Lipinski definition) is 1. The normalized spacial score (nSPS) is 17.5. The summed E-state index contributed by atoms with van der Waals surface area (Å²) in [6.07, 6.45) is 3.64. The van der Waals surface area contributed by atoms with Crippen molar-refractivity contribution >= 4 is 33.5 Å². The molecule has 0 aliphatic carbocycles. The van der Waals surface area contributed by atoms with Gasteiger partial charge in [-0.05, 0) is 31.9 Å². The maximum absolute atomic E-state index is 13.5. The highest BCUT2D eigenvalue weighted by atomic mass is 32.1. The Hall–Kier alpha value is -2.72. The number of fused-ring (bicyclic) bond motifs is 1. The Bertz CT molecular complexity index is 1070. The van der Waals surface area contributed by atoms with E-state index in [1.165, 1.54) is 17.4 Å². The minimum absolute atomic E-state index is 0.132. The molecule has 1 unspecified atom stereocenters. The summed E-state index contributed by atoms with van der Waals surface area (Å²) in [5.74, 6) is 0.0639. The number of thiazole rings is 1. The number of anilines is 1. The van der Waals surface area contributed by atoms with Crippen LogP contribution in [0.5, 0.6) is 0 Å². The van der Waals surface area contributed by atoms with E-state index < -0.39 is 5.82 Å². The van der Waals surface area contributed by atoms with Crippen LogP contribution in [0.3, 0.4) is 0 Å². The van der Waals surface area contributed by atoms with Gasteiger partial charge in [0.2, 0.25) is 5.95 Å². The number of rotatable bonds is 6. The molecule has 1 amide bonds. The second kappa shape index (κ2) is 8.57. The van der Waals surface area contributed by atoms with Gasteiger partial charge in [-0.3, -0.25) is 9.78 Å². The first-order valence-electron chi connectivity index (χ1n) is 9.75. The van der Waals surface area contributed by atoms with E-state index in [1.807, 2.05) is 18.7 Å². The van der Waals surface area contributed by atoms with Crippen molar-refractivity contribution in [2.45, 2.75) is 26.3 Å². The first-order chi connectivity index (χ1) is 14.4. The van der Waals surface area contributed by atoms with Crippen LogP contribution in [0.4, 0.5) is 10.3 Å². The Balaban J connectivity index is 1.63. The lowest BCUT2D eigenvalue weighted by Gasteiger charge is -2.18. The standard InChI is InChI=1S/C20H23FN6O2S/c1-11(14-6-15(21)8-22-7-14)23-20-25-16(17-18(26-20)24-12(2)30-17)19(28)27-5-4-13(9-27)10-29-3/h6-8,11,13H,4-5,9-10H2,1-3H3,(H,23,25,26)/t11?,13-/m0/s1. The lowest BCUT2D eigenvalue weighted by molar-refractivity contribution is 0.0772. The Morgan fingerprint density at radius 3 is 3.00 bits per heavy atom. The van der Waals surface area contributed by atoms with Gasteiger partial charge in [-0.15, -0.1) is 11.3 Å². The summed E-state index contributed by atoms with van der Waals surface area (Å²) >= 11 is 1.41. The van der Waals surface area contributed by atoms with Crippen molar-refractivity contribution in [2.75, 3.05) is 32.1 Å². The van der Waals surface area contributed by atoms with E-state index in [0.29, 0.717) is 47.2 Å². The van der Waals surface area contributed by atoms with Gasteiger partial charge >= 0.3 is 0 Å². The number of halogens is 1. The van der Waals surface area contributed by atoms with Gasteiger partial charge in [0.25, 0.3) is 5.91 Å². The van der Waals surface area contributed by atoms with Crippen LogP contribution in [0, 0.1) is 18.7 Å². The zero-order valence-electron chi connectivity index (χ0n) is 17.1. The monoisotopic (exact) mass is 430 g/mol. The first kappa shape index (κ1) is 20.5. The summed E-state index contributed by atoms with van der Waals surface area (Å²) in [7, 11) is 1.67. The molecular formula is C20H23FN6O2S. The fraction of sp³-hybridized carbons (Fsp3) is 0.450. The van der Waals surface area contributed by atoms with Gasteiger partial charge in [0.1, 0.15) is 10.5 Å². The van der Waals surface area contributed by atoms with Crippen molar-refractivity contribution in [3.63, 3.8) is 0 Å². The number of aryl methyl sites for hydroxylation is 1. The highest BCUT2D eigenvalue weighted by Crippen LogP contribution is 2.28. The van der Waals surface area contributed by atoms with Gasteiger partial charge in [0.15, 0.2) is 11.3 Å². The number of amides is 1. The van der Waals surface area contributed by atoms with Gasteiger partial charge < -0.3 is 15.0 Å². The topological polar surface area (TPSA) is 93.1 Å². The SMILES string of the molecule is COC[C@H]1CCN(C(=O)c2nc(NC(C)c3cncc(F)c3)nc3nc(C)sc23)C1. The third-order valence-electron chi connectivity index (χ3n) is 5.11. The third-order valence-corrected chi connectivity index (χ3v) is 6.08. The predicted octanol–water partition coefficient (Wildman–Crippen LogP) is 3.21. The van der Waals surface area contributed by atoms with Crippen LogP contribution in [-0.2, 0) is 4.74 Å². The number of carbonyl (C=O) groups is 1. The molecule has 1 N–H and O–H groups in total. The molecule has 1 aliphatic heterocycles. The van der Waals surface area contributed by atoms with E-state index in [-0.39, 0.29) is 17.9 Å². The largest absolute Gasteiger partial charge is 0.384 e. The molecule has 30 heavy (non-hydrogen) atoms. The first-order valence-corrected chi connectivity index (χ1v) is 10.6. The quantitative estimate of drug-likeness (QED) is 0.642. The third kappa shape index (κ3) is 4.24. The fourth-order valence-corrected chi connectivity index (χ4v) is 4.46. The van der Waals surface area contributed by atoms with Crippen molar-refractivity contribution < 1.29 is 13.9 Å². The molecule has 10 heteroatoms. The Morgan fingerprint density at radius 1 is 1.40 bits per heavy atom. The van der Waals surface area contributed by atoms with Crippen molar-refractivity contribution in [2.24, 2.45) is 5.92 Å². The van der Waals surface area contributed by atoms with E-state index in [2.05, 4.69) is 25.3 Å². The van der Waals surface area contributed by atoms with Crippen molar-refractivity contribution in [3.05, 3.63) is 40.5 Å². The van der Waals surface area contributed by atoms with E-state index in [9.17, 15) is 9.18 Å². The number of likely N-dealkylation sites (tertiary alicyclic amines) is 1. The molecule has 1 fully saturated rings. The molecule has 0 aromatic carbocycles. The second-order valence-corrected chi connectivity index (χ2v) is 8.65. The number of ether oxygens (including phenoxy) is 1. The summed E-state index contributed by atoms with van der Waals surface area (Å²) in [5.41, 5.74) is 1.48.